The van der Waals surface area contributed by atoms with E-state index in [4.69, 9.17) is 17.3 Å². The van der Waals surface area contributed by atoms with Gasteiger partial charge < -0.3 is 5.11 Å². The van der Waals surface area contributed by atoms with Crippen LogP contribution in [0.5, 0.6) is 0 Å². The number of benzene rings is 1. The van der Waals surface area contributed by atoms with E-state index in [1.807, 2.05) is 24.3 Å². The number of thioether (sulfide) groups is 1. The van der Waals surface area contributed by atoms with E-state index in [2.05, 4.69) is 9.97 Å². The van der Waals surface area contributed by atoms with Crippen molar-refractivity contribution in [3.8, 4) is 11.3 Å². The number of thiocarbonyl (C=S) groups is 1. The molecule has 1 amide bonds. The first-order chi connectivity index (χ1) is 12.5. The van der Waals surface area contributed by atoms with Gasteiger partial charge in [-0.05, 0) is 24.1 Å². The predicted octanol–water partition coefficient (Wildman–Crippen LogP) is 3.21. The van der Waals surface area contributed by atoms with Crippen molar-refractivity contribution < 1.29 is 14.7 Å². The van der Waals surface area contributed by atoms with Crippen LogP contribution in [0.1, 0.15) is 18.4 Å². The Bertz CT molecular complexity index is 884. The second-order valence-electron chi connectivity index (χ2n) is 5.55. The number of nitrogens with zero attached hydrogens (tertiary/aromatic N) is 3. The van der Waals surface area contributed by atoms with Crippen LogP contribution in [0, 0.1) is 0 Å². The molecule has 3 rings (SSSR count). The van der Waals surface area contributed by atoms with E-state index in [0.717, 1.165) is 16.8 Å². The largest absolute Gasteiger partial charge is 0.481 e. The highest BCUT2D eigenvalue weighted by molar-refractivity contribution is 8.26. The number of aliphatic carboxylic acids is 1. The third-order valence-electron chi connectivity index (χ3n) is 3.69. The molecular formula is C18H15N3O3S2. The van der Waals surface area contributed by atoms with Crippen molar-refractivity contribution in [2.75, 3.05) is 6.54 Å². The van der Waals surface area contributed by atoms with Crippen molar-refractivity contribution in [1.29, 1.82) is 0 Å². The number of carbonyl (C=O) groups is 2. The summed E-state index contributed by atoms with van der Waals surface area (Å²) in [5, 5.41) is 8.72. The molecule has 0 unspecified atom stereocenters. The molecular weight excluding hydrogens is 370 g/mol. The van der Waals surface area contributed by atoms with Gasteiger partial charge in [0.1, 0.15) is 4.32 Å². The molecule has 0 radical (unpaired) electrons. The molecule has 1 aliphatic heterocycles. The van der Waals surface area contributed by atoms with Crippen LogP contribution in [0.3, 0.4) is 0 Å². The lowest BCUT2D eigenvalue weighted by molar-refractivity contribution is -0.137. The van der Waals surface area contributed by atoms with Crippen molar-refractivity contribution in [1.82, 2.24) is 14.9 Å². The van der Waals surface area contributed by atoms with E-state index in [1.165, 1.54) is 16.7 Å². The Kier molecular flexibility index (Phi) is 5.75. The number of aromatic nitrogens is 2. The fourth-order valence-corrected chi connectivity index (χ4v) is 3.78. The van der Waals surface area contributed by atoms with Gasteiger partial charge in [-0.25, -0.2) is 0 Å². The summed E-state index contributed by atoms with van der Waals surface area (Å²) in [6.45, 7) is 0.313. The summed E-state index contributed by atoms with van der Waals surface area (Å²) in [5.74, 6) is -1.07. The zero-order chi connectivity index (χ0) is 18.5. The number of carboxylic acid groups (broad SMARTS) is 1. The molecule has 0 aliphatic carbocycles. The van der Waals surface area contributed by atoms with Crippen LogP contribution in [0.4, 0.5) is 0 Å². The molecule has 1 aliphatic rings. The van der Waals surface area contributed by atoms with Crippen LogP contribution in [0.25, 0.3) is 17.3 Å². The van der Waals surface area contributed by atoms with Crippen LogP contribution in [-0.4, -0.2) is 42.7 Å². The quantitative estimate of drug-likeness (QED) is 0.604. The molecule has 6 nitrogen and oxygen atoms in total. The van der Waals surface area contributed by atoms with Crippen LogP contribution >= 0.6 is 24.0 Å². The van der Waals surface area contributed by atoms with Gasteiger partial charge in [-0.2, -0.15) is 0 Å². The number of hydrogen-bond donors (Lipinski definition) is 1. The van der Waals surface area contributed by atoms with Gasteiger partial charge in [0.05, 0.1) is 16.8 Å². The van der Waals surface area contributed by atoms with Gasteiger partial charge in [0.25, 0.3) is 5.91 Å². The van der Waals surface area contributed by atoms with Crippen LogP contribution in [0.2, 0.25) is 0 Å². The minimum absolute atomic E-state index is 0.0102. The Balaban J connectivity index is 1.77. The summed E-state index contributed by atoms with van der Waals surface area (Å²) >= 11 is 6.48. The van der Waals surface area contributed by atoms with E-state index in [0.29, 0.717) is 22.2 Å². The normalized spacial score (nSPS) is 15.7. The van der Waals surface area contributed by atoms with Crippen LogP contribution in [0.15, 0.2) is 47.8 Å². The van der Waals surface area contributed by atoms with E-state index >= 15 is 0 Å². The maximum atomic E-state index is 12.5. The number of carboxylic acids is 1. The maximum Gasteiger partial charge on any atom is 0.303 e. The molecule has 0 saturated carbocycles. The number of carbonyl (C=O) groups excluding carboxylic acids is 1. The van der Waals surface area contributed by atoms with Gasteiger partial charge in [0.15, 0.2) is 0 Å². The standard InChI is InChI=1S/C18H15N3O3S2/c22-16(23)5-2-8-21-17(24)15(26-18(21)25)10-12-3-1-4-13(9-12)14-11-19-6-7-20-14/h1,3-4,6-7,9-11H,2,5,8H2,(H,22,23)/b15-10-. The molecule has 0 spiro atoms. The van der Waals surface area contributed by atoms with E-state index in [9.17, 15) is 9.59 Å². The molecule has 26 heavy (non-hydrogen) atoms. The number of amides is 1. The average Bonchev–Trinajstić information content (AvgIpc) is 2.90. The molecule has 2 heterocycles. The summed E-state index contributed by atoms with van der Waals surface area (Å²) < 4.78 is 0.455. The van der Waals surface area contributed by atoms with E-state index in [-0.39, 0.29) is 12.3 Å². The topological polar surface area (TPSA) is 83.4 Å². The van der Waals surface area contributed by atoms with Crippen molar-refractivity contribution >= 4 is 46.3 Å². The Hall–Kier alpha value is -2.58. The fourth-order valence-electron chi connectivity index (χ4n) is 2.47. The highest BCUT2D eigenvalue weighted by Gasteiger charge is 2.31. The molecule has 8 heteroatoms. The van der Waals surface area contributed by atoms with Crippen molar-refractivity contribution in [3.63, 3.8) is 0 Å². The van der Waals surface area contributed by atoms with E-state index in [1.54, 1.807) is 24.7 Å². The Morgan fingerprint density at radius 3 is 2.92 bits per heavy atom. The predicted molar refractivity (Wildman–Crippen MR) is 104 cm³/mol. The summed E-state index contributed by atoms with van der Waals surface area (Å²) in [4.78, 5) is 33.5. The summed E-state index contributed by atoms with van der Waals surface area (Å²) in [5.41, 5.74) is 2.52. The summed E-state index contributed by atoms with van der Waals surface area (Å²) in [6.07, 6.45) is 7.10. The second-order valence-corrected chi connectivity index (χ2v) is 7.22. The molecule has 0 bridgehead atoms. The SMILES string of the molecule is O=C(O)CCCN1C(=O)/C(=C/c2cccc(-c3cnccn3)c2)SC1=S. The second kappa shape index (κ2) is 8.20. The van der Waals surface area contributed by atoms with Crippen molar-refractivity contribution in [2.45, 2.75) is 12.8 Å². The third-order valence-corrected chi connectivity index (χ3v) is 5.07. The fraction of sp³-hybridized carbons (Fsp3) is 0.167. The lowest BCUT2D eigenvalue weighted by Gasteiger charge is -2.13. The highest BCUT2D eigenvalue weighted by Crippen LogP contribution is 2.33. The number of hydrogen-bond acceptors (Lipinski definition) is 6. The monoisotopic (exact) mass is 385 g/mol. The molecule has 1 aromatic heterocycles. The van der Waals surface area contributed by atoms with Gasteiger partial charge in [-0.15, -0.1) is 0 Å². The average molecular weight is 385 g/mol. The lowest BCUT2D eigenvalue weighted by atomic mass is 10.1. The van der Waals surface area contributed by atoms with Gasteiger partial charge in [-0.1, -0.05) is 42.2 Å². The highest BCUT2D eigenvalue weighted by atomic mass is 32.2. The minimum Gasteiger partial charge on any atom is -0.481 e. The lowest BCUT2D eigenvalue weighted by Crippen LogP contribution is -2.29. The smallest absolute Gasteiger partial charge is 0.303 e. The van der Waals surface area contributed by atoms with Crippen LogP contribution in [-0.2, 0) is 9.59 Å². The first kappa shape index (κ1) is 18.2. The zero-order valence-electron chi connectivity index (χ0n) is 13.7. The Labute approximate surface area is 160 Å². The van der Waals surface area contributed by atoms with Crippen molar-refractivity contribution in [2.24, 2.45) is 0 Å². The molecule has 1 saturated heterocycles. The first-order valence-electron chi connectivity index (χ1n) is 7.88. The Morgan fingerprint density at radius 2 is 2.19 bits per heavy atom. The van der Waals surface area contributed by atoms with Crippen molar-refractivity contribution in [3.05, 3.63) is 53.3 Å². The molecule has 1 fully saturated rings. The maximum absolute atomic E-state index is 12.5. The number of rotatable bonds is 6. The van der Waals surface area contributed by atoms with E-state index < -0.39 is 5.97 Å². The molecule has 132 valence electrons. The first-order valence-corrected chi connectivity index (χ1v) is 9.10. The molecule has 1 aromatic carbocycles. The van der Waals surface area contributed by atoms with Crippen LogP contribution < -0.4 is 0 Å². The molecule has 1 N–H and O–H groups in total. The van der Waals surface area contributed by atoms with Gasteiger partial charge in [-0.3, -0.25) is 24.5 Å². The Morgan fingerprint density at radius 1 is 1.35 bits per heavy atom. The summed E-state index contributed by atoms with van der Waals surface area (Å²) in [6, 6.07) is 7.65. The minimum atomic E-state index is -0.883. The van der Waals surface area contributed by atoms with Gasteiger partial charge in [0, 0.05) is 30.9 Å². The molecule has 0 atom stereocenters. The zero-order valence-corrected chi connectivity index (χ0v) is 15.3. The van der Waals surface area contributed by atoms with Gasteiger partial charge in [0.2, 0.25) is 0 Å². The third kappa shape index (κ3) is 4.33. The molecule has 2 aromatic rings. The van der Waals surface area contributed by atoms with Gasteiger partial charge >= 0.3 is 5.97 Å². The summed E-state index contributed by atoms with van der Waals surface area (Å²) in [7, 11) is 0.